The molecule has 1 aromatic rings. The molecule has 0 unspecified atom stereocenters. The SMILES string of the molecule is CC(C)(O)C(=O)c1ccc(OCCOC(=O)C(F)(F)C(F)(F)C(F)(F)F)cc1. The number of hydrogen-bond acceptors (Lipinski definition) is 5. The van der Waals surface area contributed by atoms with Crippen LogP contribution in [0.2, 0.25) is 0 Å². The Labute approximate surface area is 154 Å². The molecule has 0 saturated carbocycles. The monoisotopic (exact) mass is 420 g/mol. The van der Waals surface area contributed by atoms with Crippen LogP contribution < -0.4 is 4.74 Å². The molecular weight excluding hydrogens is 405 g/mol. The second-order valence-electron chi connectivity index (χ2n) is 6.04. The maximum atomic E-state index is 13.0. The number of hydrogen-bond donors (Lipinski definition) is 1. The first-order chi connectivity index (χ1) is 12.5. The van der Waals surface area contributed by atoms with Crippen molar-refractivity contribution in [3.05, 3.63) is 29.8 Å². The summed E-state index contributed by atoms with van der Waals surface area (Å²) in [4.78, 5) is 22.7. The van der Waals surface area contributed by atoms with Crippen molar-refractivity contribution in [2.24, 2.45) is 0 Å². The maximum Gasteiger partial charge on any atom is 0.460 e. The summed E-state index contributed by atoms with van der Waals surface area (Å²) < 4.78 is 95.9. The quantitative estimate of drug-likeness (QED) is 0.302. The van der Waals surface area contributed by atoms with Crippen LogP contribution in [0.15, 0.2) is 24.3 Å². The third-order valence-corrected chi connectivity index (χ3v) is 3.26. The third kappa shape index (κ3) is 5.12. The molecule has 0 atom stereocenters. The highest BCUT2D eigenvalue weighted by molar-refractivity contribution is 6.01. The van der Waals surface area contributed by atoms with Gasteiger partial charge in [0, 0.05) is 5.56 Å². The predicted octanol–water partition coefficient (Wildman–Crippen LogP) is 3.40. The van der Waals surface area contributed by atoms with E-state index in [1.54, 1.807) is 0 Å². The normalized spacial score (nSPS) is 13.2. The van der Waals surface area contributed by atoms with Gasteiger partial charge in [0.15, 0.2) is 5.78 Å². The lowest BCUT2D eigenvalue weighted by atomic mass is 9.97. The van der Waals surface area contributed by atoms with E-state index in [-0.39, 0.29) is 11.3 Å². The number of carbonyl (C=O) groups excluding carboxylic acids is 2. The molecule has 12 heteroatoms. The number of esters is 1. The Balaban J connectivity index is 2.59. The van der Waals surface area contributed by atoms with Crippen LogP contribution in [0, 0.1) is 0 Å². The molecule has 0 heterocycles. The Kier molecular flexibility index (Phi) is 6.71. The first kappa shape index (κ1) is 23.7. The molecule has 1 rings (SSSR count). The van der Waals surface area contributed by atoms with E-state index in [1.165, 1.54) is 38.1 Å². The van der Waals surface area contributed by atoms with E-state index in [4.69, 9.17) is 4.74 Å². The Hall–Kier alpha value is -2.37. The van der Waals surface area contributed by atoms with Crippen molar-refractivity contribution in [2.45, 2.75) is 37.5 Å². The molecule has 0 amide bonds. The second-order valence-corrected chi connectivity index (χ2v) is 6.04. The van der Waals surface area contributed by atoms with Gasteiger partial charge in [0.25, 0.3) is 0 Å². The molecule has 158 valence electrons. The number of aliphatic hydroxyl groups is 1. The van der Waals surface area contributed by atoms with E-state index in [0.717, 1.165) is 0 Å². The van der Waals surface area contributed by atoms with Gasteiger partial charge in [-0.3, -0.25) is 4.79 Å². The predicted molar refractivity (Wildman–Crippen MR) is 79.5 cm³/mol. The van der Waals surface area contributed by atoms with Crippen LogP contribution in [0.1, 0.15) is 24.2 Å². The van der Waals surface area contributed by atoms with Gasteiger partial charge in [-0.2, -0.15) is 30.7 Å². The molecular formula is C16H15F7O5. The van der Waals surface area contributed by atoms with Gasteiger partial charge >= 0.3 is 24.0 Å². The topological polar surface area (TPSA) is 72.8 Å². The Bertz CT molecular complexity index is 706. The summed E-state index contributed by atoms with van der Waals surface area (Å²) in [5.74, 6) is -16.3. The van der Waals surface area contributed by atoms with Crippen molar-refractivity contribution < 1.29 is 54.9 Å². The molecule has 0 aliphatic carbocycles. The van der Waals surface area contributed by atoms with Gasteiger partial charge in [0.2, 0.25) is 0 Å². The minimum atomic E-state index is -6.64. The summed E-state index contributed by atoms with van der Waals surface area (Å²) in [5, 5.41) is 9.59. The van der Waals surface area contributed by atoms with Crippen LogP contribution in [-0.2, 0) is 9.53 Å². The molecule has 0 aromatic heterocycles. The summed E-state index contributed by atoms with van der Waals surface area (Å²) >= 11 is 0. The fourth-order valence-corrected chi connectivity index (χ4v) is 1.75. The van der Waals surface area contributed by atoms with Crippen LogP contribution in [0.4, 0.5) is 30.7 Å². The van der Waals surface area contributed by atoms with Crippen LogP contribution in [0.25, 0.3) is 0 Å². The number of carbonyl (C=O) groups is 2. The fraction of sp³-hybridized carbons (Fsp3) is 0.500. The Morgan fingerprint density at radius 2 is 1.43 bits per heavy atom. The van der Waals surface area contributed by atoms with Crippen molar-refractivity contribution >= 4 is 11.8 Å². The molecule has 0 bridgehead atoms. The first-order valence-corrected chi connectivity index (χ1v) is 7.51. The zero-order valence-electron chi connectivity index (χ0n) is 14.4. The van der Waals surface area contributed by atoms with Crippen molar-refractivity contribution in [1.29, 1.82) is 0 Å². The number of benzene rings is 1. The summed E-state index contributed by atoms with van der Waals surface area (Å²) in [6.07, 6.45) is -6.64. The summed E-state index contributed by atoms with van der Waals surface area (Å²) in [5.41, 5.74) is -1.50. The third-order valence-electron chi connectivity index (χ3n) is 3.26. The average Bonchev–Trinajstić information content (AvgIpc) is 2.56. The molecule has 0 aliphatic rings. The zero-order chi connectivity index (χ0) is 22.0. The average molecular weight is 420 g/mol. The highest BCUT2D eigenvalue weighted by atomic mass is 19.4. The molecule has 5 nitrogen and oxygen atoms in total. The van der Waals surface area contributed by atoms with Crippen molar-refractivity contribution in [1.82, 2.24) is 0 Å². The molecule has 0 saturated heterocycles. The van der Waals surface area contributed by atoms with Gasteiger partial charge in [0.1, 0.15) is 24.6 Å². The second kappa shape index (κ2) is 7.94. The summed E-state index contributed by atoms with van der Waals surface area (Å²) in [6, 6.07) is 5.01. The smallest absolute Gasteiger partial charge is 0.460 e. The van der Waals surface area contributed by atoms with E-state index in [2.05, 4.69) is 4.74 Å². The fourth-order valence-electron chi connectivity index (χ4n) is 1.75. The summed E-state index contributed by atoms with van der Waals surface area (Å²) in [7, 11) is 0. The number of alkyl halides is 7. The minimum Gasteiger partial charge on any atom is -0.490 e. The van der Waals surface area contributed by atoms with E-state index in [9.17, 15) is 45.4 Å². The standard InChI is InChI=1S/C16H15F7O5/c1-13(2,26)11(24)9-3-5-10(6-4-9)27-7-8-28-12(25)14(17,18)15(19,20)16(21,22)23/h3-6,26H,7-8H2,1-2H3. The van der Waals surface area contributed by atoms with Gasteiger partial charge in [-0.25, -0.2) is 4.79 Å². The zero-order valence-corrected chi connectivity index (χ0v) is 14.4. The van der Waals surface area contributed by atoms with E-state index >= 15 is 0 Å². The highest BCUT2D eigenvalue weighted by Gasteiger charge is 2.77. The van der Waals surface area contributed by atoms with Gasteiger partial charge in [-0.15, -0.1) is 0 Å². The number of Topliss-reactive ketones (excluding diaryl/α,β-unsaturated/α-hetero) is 1. The molecule has 1 aromatic carbocycles. The lowest BCUT2D eigenvalue weighted by Gasteiger charge is -2.26. The van der Waals surface area contributed by atoms with Crippen LogP contribution in [-0.4, -0.2) is 53.7 Å². The van der Waals surface area contributed by atoms with Gasteiger partial charge in [0.05, 0.1) is 0 Å². The molecule has 0 aliphatic heterocycles. The van der Waals surface area contributed by atoms with Gasteiger partial charge < -0.3 is 14.6 Å². The van der Waals surface area contributed by atoms with Crippen molar-refractivity contribution in [3.8, 4) is 5.75 Å². The van der Waals surface area contributed by atoms with E-state index < -0.39 is 48.6 Å². The van der Waals surface area contributed by atoms with Crippen LogP contribution in [0.5, 0.6) is 5.75 Å². The number of ketones is 1. The van der Waals surface area contributed by atoms with Crippen molar-refractivity contribution in [2.75, 3.05) is 13.2 Å². The highest BCUT2D eigenvalue weighted by Crippen LogP contribution is 2.46. The Morgan fingerprint density at radius 1 is 0.929 bits per heavy atom. The molecule has 0 spiro atoms. The molecule has 1 N–H and O–H groups in total. The largest absolute Gasteiger partial charge is 0.490 e. The van der Waals surface area contributed by atoms with E-state index in [1.807, 2.05) is 0 Å². The first-order valence-electron chi connectivity index (χ1n) is 7.51. The lowest BCUT2D eigenvalue weighted by Crippen LogP contribution is -2.56. The number of rotatable bonds is 8. The lowest BCUT2D eigenvalue weighted by molar-refractivity contribution is -0.348. The van der Waals surface area contributed by atoms with Gasteiger partial charge in [-0.05, 0) is 38.1 Å². The van der Waals surface area contributed by atoms with Crippen LogP contribution >= 0.6 is 0 Å². The molecule has 28 heavy (non-hydrogen) atoms. The van der Waals surface area contributed by atoms with Gasteiger partial charge in [-0.1, -0.05) is 0 Å². The molecule has 0 radical (unpaired) electrons. The Morgan fingerprint density at radius 3 is 1.86 bits per heavy atom. The number of halogens is 7. The van der Waals surface area contributed by atoms with E-state index in [0.29, 0.717) is 0 Å². The summed E-state index contributed by atoms with van der Waals surface area (Å²) in [6.45, 7) is 0.864. The molecule has 0 fully saturated rings. The maximum absolute atomic E-state index is 13.0. The minimum absolute atomic E-state index is 0.0516. The number of ether oxygens (including phenoxy) is 2. The van der Waals surface area contributed by atoms with Crippen molar-refractivity contribution in [3.63, 3.8) is 0 Å². The van der Waals surface area contributed by atoms with Crippen LogP contribution in [0.3, 0.4) is 0 Å².